The van der Waals surface area contributed by atoms with E-state index in [1.807, 2.05) is 13.8 Å². The van der Waals surface area contributed by atoms with E-state index >= 15 is 0 Å². The molecule has 1 heterocycles. The summed E-state index contributed by atoms with van der Waals surface area (Å²) in [5, 5.41) is 2.77. The van der Waals surface area contributed by atoms with E-state index in [9.17, 15) is 18.0 Å². The van der Waals surface area contributed by atoms with Gasteiger partial charge in [0, 0.05) is 16.7 Å². The zero-order valence-electron chi connectivity index (χ0n) is 18.5. The minimum Gasteiger partial charge on any atom is -0.324 e. The van der Waals surface area contributed by atoms with Crippen molar-refractivity contribution in [3.8, 4) is 0 Å². The van der Waals surface area contributed by atoms with Crippen LogP contribution in [0.1, 0.15) is 12.5 Å². The number of carbonyl (C=O) groups is 1. The van der Waals surface area contributed by atoms with Crippen LogP contribution in [0.4, 0.5) is 11.4 Å². The maximum absolute atomic E-state index is 13.5. The van der Waals surface area contributed by atoms with Gasteiger partial charge in [-0.2, -0.15) is 0 Å². The number of nitrogens with zero attached hydrogens (tertiary/aromatic N) is 2. The summed E-state index contributed by atoms with van der Waals surface area (Å²) in [6.07, 6.45) is 0. The van der Waals surface area contributed by atoms with Gasteiger partial charge < -0.3 is 5.32 Å². The third-order valence-corrected chi connectivity index (χ3v) is 8.48. The van der Waals surface area contributed by atoms with E-state index in [1.165, 1.54) is 12.1 Å². The highest BCUT2D eigenvalue weighted by atomic mass is 79.9. The summed E-state index contributed by atoms with van der Waals surface area (Å²) in [4.78, 5) is 25.1. The van der Waals surface area contributed by atoms with Gasteiger partial charge in [0.25, 0.3) is 10.0 Å². The smallest absolute Gasteiger partial charge is 0.308 e. The molecule has 0 atom stereocenters. The zero-order valence-corrected chi connectivity index (χ0v) is 21.7. The summed E-state index contributed by atoms with van der Waals surface area (Å²) < 4.78 is 31.2. The summed E-state index contributed by atoms with van der Waals surface area (Å²) >= 11 is 4.48. The molecule has 10 heteroatoms. The lowest BCUT2D eigenvalue weighted by Gasteiger charge is -2.24. The molecule has 7 nitrogen and oxygen atoms in total. The normalized spacial score (nSPS) is 11.5. The quantitative estimate of drug-likeness (QED) is 0.345. The van der Waals surface area contributed by atoms with E-state index in [0.29, 0.717) is 22.4 Å². The van der Waals surface area contributed by atoms with Crippen LogP contribution in [0.2, 0.25) is 0 Å². The zero-order chi connectivity index (χ0) is 24.5. The molecule has 1 aromatic heterocycles. The number of fused-ring (bicyclic) bond motifs is 1. The van der Waals surface area contributed by atoms with Crippen molar-refractivity contribution in [1.82, 2.24) is 4.57 Å². The Balaban J connectivity index is 1.65. The average molecular weight is 560 g/mol. The molecular weight excluding hydrogens is 538 g/mol. The highest BCUT2D eigenvalue weighted by Gasteiger charge is 2.27. The van der Waals surface area contributed by atoms with Gasteiger partial charge >= 0.3 is 4.87 Å². The fourth-order valence-electron chi connectivity index (χ4n) is 3.56. The molecule has 0 aliphatic heterocycles. The van der Waals surface area contributed by atoms with Crippen molar-refractivity contribution in [3.05, 3.63) is 86.4 Å². The van der Waals surface area contributed by atoms with E-state index in [4.69, 9.17) is 0 Å². The Morgan fingerprint density at radius 1 is 1.09 bits per heavy atom. The fraction of sp³-hybridized carbons (Fsp3) is 0.167. The van der Waals surface area contributed by atoms with Crippen molar-refractivity contribution in [2.45, 2.75) is 25.3 Å². The molecule has 0 radical (unpaired) electrons. The fourth-order valence-corrected chi connectivity index (χ4v) is 6.35. The molecule has 176 valence electrons. The van der Waals surface area contributed by atoms with Crippen molar-refractivity contribution >= 4 is 64.8 Å². The molecule has 0 unspecified atom stereocenters. The summed E-state index contributed by atoms with van der Waals surface area (Å²) in [6, 6.07) is 18.5. The molecule has 0 fully saturated rings. The van der Waals surface area contributed by atoms with Gasteiger partial charge in [-0.05, 0) is 62.4 Å². The maximum atomic E-state index is 13.5. The average Bonchev–Trinajstić information content (AvgIpc) is 3.11. The highest BCUT2D eigenvalue weighted by Crippen LogP contribution is 2.27. The second-order valence-corrected chi connectivity index (χ2v) is 11.4. The lowest BCUT2D eigenvalue weighted by molar-refractivity contribution is -0.114. The van der Waals surface area contributed by atoms with Crippen LogP contribution in [0.25, 0.3) is 10.2 Å². The van der Waals surface area contributed by atoms with Gasteiger partial charge in [0.1, 0.15) is 6.54 Å². The lowest BCUT2D eigenvalue weighted by Crippen LogP contribution is -2.38. The molecule has 4 aromatic rings. The number of hydrogen-bond donors (Lipinski definition) is 1. The van der Waals surface area contributed by atoms with Crippen LogP contribution >= 0.6 is 27.3 Å². The van der Waals surface area contributed by atoms with Crippen LogP contribution in [-0.4, -0.2) is 25.4 Å². The number of nitrogens with one attached hydrogen (secondary N) is 1. The highest BCUT2D eigenvalue weighted by molar-refractivity contribution is 9.10. The topological polar surface area (TPSA) is 88.5 Å². The van der Waals surface area contributed by atoms with Gasteiger partial charge in [0.15, 0.2) is 0 Å². The number of aromatic nitrogens is 1. The third-order valence-electron chi connectivity index (χ3n) is 5.26. The Hall–Kier alpha value is -2.95. The molecule has 0 aliphatic carbocycles. The Labute approximate surface area is 209 Å². The first-order chi connectivity index (χ1) is 16.2. The van der Waals surface area contributed by atoms with Gasteiger partial charge in [-0.25, -0.2) is 8.42 Å². The summed E-state index contributed by atoms with van der Waals surface area (Å²) in [7, 11) is -4.01. The lowest BCUT2D eigenvalue weighted by atomic mass is 10.2. The Morgan fingerprint density at radius 3 is 2.50 bits per heavy atom. The summed E-state index contributed by atoms with van der Waals surface area (Å²) in [5.74, 6) is -0.503. The predicted molar refractivity (Wildman–Crippen MR) is 140 cm³/mol. The van der Waals surface area contributed by atoms with Gasteiger partial charge in [-0.1, -0.05) is 51.0 Å². The van der Waals surface area contributed by atoms with Crippen molar-refractivity contribution < 1.29 is 13.2 Å². The number of anilines is 2. The van der Waals surface area contributed by atoms with Crippen molar-refractivity contribution in [3.63, 3.8) is 0 Å². The second kappa shape index (κ2) is 9.73. The molecule has 1 N–H and O–H groups in total. The number of amides is 1. The van der Waals surface area contributed by atoms with Gasteiger partial charge in [-0.3, -0.25) is 18.5 Å². The van der Waals surface area contributed by atoms with Crippen LogP contribution in [0.5, 0.6) is 0 Å². The summed E-state index contributed by atoms with van der Waals surface area (Å²) in [5.41, 5.74) is 2.58. The Kier molecular flexibility index (Phi) is 6.92. The maximum Gasteiger partial charge on any atom is 0.308 e. The van der Waals surface area contributed by atoms with E-state index in [0.717, 1.165) is 31.4 Å². The Bertz CT molecular complexity index is 1530. The van der Waals surface area contributed by atoms with Crippen LogP contribution in [-0.2, 0) is 21.4 Å². The van der Waals surface area contributed by atoms with E-state index in [-0.39, 0.29) is 9.77 Å². The predicted octanol–water partition coefficient (Wildman–Crippen LogP) is 4.99. The minimum atomic E-state index is -4.01. The van der Waals surface area contributed by atoms with Crippen LogP contribution in [0.15, 0.2) is 80.9 Å². The number of hydrogen-bond acceptors (Lipinski definition) is 5. The largest absolute Gasteiger partial charge is 0.324 e. The van der Waals surface area contributed by atoms with E-state index in [1.54, 1.807) is 59.2 Å². The van der Waals surface area contributed by atoms with Crippen molar-refractivity contribution in [1.29, 1.82) is 0 Å². The van der Waals surface area contributed by atoms with Crippen LogP contribution in [0.3, 0.4) is 0 Å². The van der Waals surface area contributed by atoms with E-state index in [2.05, 4.69) is 21.2 Å². The first-order valence-corrected chi connectivity index (χ1v) is 13.5. The van der Waals surface area contributed by atoms with Crippen LogP contribution < -0.4 is 14.5 Å². The molecule has 4 rings (SSSR count). The van der Waals surface area contributed by atoms with Gasteiger partial charge in [-0.15, -0.1) is 0 Å². The molecule has 34 heavy (non-hydrogen) atoms. The first-order valence-electron chi connectivity index (χ1n) is 10.5. The molecule has 0 spiro atoms. The number of rotatable bonds is 7. The number of halogens is 1. The minimum absolute atomic E-state index is 0.0639. The van der Waals surface area contributed by atoms with Crippen molar-refractivity contribution in [2.24, 2.45) is 0 Å². The van der Waals surface area contributed by atoms with E-state index < -0.39 is 22.5 Å². The Morgan fingerprint density at radius 2 is 1.82 bits per heavy atom. The molecule has 0 saturated heterocycles. The third kappa shape index (κ3) is 4.94. The first kappa shape index (κ1) is 24.2. The van der Waals surface area contributed by atoms with Crippen molar-refractivity contribution in [2.75, 3.05) is 16.2 Å². The number of aryl methyl sites for hydroxylation is 2. The SMILES string of the molecule is CCn1c(=O)sc2cc(NC(=O)CN(c3cccc(Br)c3)S(=O)(=O)c3ccc(C)cc3)ccc21. The summed E-state index contributed by atoms with van der Waals surface area (Å²) in [6.45, 7) is 3.91. The monoisotopic (exact) mass is 559 g/mol. The van der Waals surface area contributed by atoms with Gasteiger partial charge in [0.05, 0.1) is 20.8 Å². The second-order valence-electron chi connectivity index (χ2n) is 7.65. The molecule has 0 aliphatic rings. The standard InChI is InChI=1S/C24H22BrN3O4S2/c1-3-27-21-12-9-18(14-22(21)33-24(27)30)26-23(29)15-28(19-6-4-5-17(25)13-19)34(31,32)20-10-7-16(2)8-11-20/h4-14H,3,15H2,1-2H3,(H,26,29). The number of carbonyl (C=O) groups excluding carboxylic acids is 1. The number of benzene rings is 3. The molecule has 3 aromatic carbocycles. The number of thiazole rings is 1. The molecular formula is C24H22BrN3O4S2. The van der Waals surface area contributed by atoms with Crippen LogP contribution in [0, 0.1) is 6.92 Å². The molecule has 0 saturated carbocycles. The molecule has 0 bridgehead atoms. The number of sulfonamides is 1. The van der Waals surface area contributed by atoms with Gasteiger partial charge in [0.2, 0.25) is 5.91 Å². The molecule has 1 amide bonds.